The van der Waals surface area contributed by atoms with Crippen molar-refractivity contribution >= 4 is 11.6 Å². The van der Waals surface area contributed by atoms with Gasteiger partial charge >= 0.3 is 0 Å². The third-order valence-electron chi connectivity index (χ3n) is 4.24. The van der Waals surface area contributed by atoms with Crippen LogP contribution in [0.15, 0.2) is 42.5 Å². The van der Waals surface area contributed by atoms with Crippen molar-refractivity contribution in [2.24, 2.45) is 0 Å². The summed E-state index contributed by atoms with van der Waals surface area (Å²) in [4.78, 5) is 14.4. The van der Waals surface area contributed by atoms with E-state index >= 15 is 0 Å². The molecule has 2 aromatic rings. The fourth-order valence-electron chi connectivity index (χ4n) is 2.81. The largest absolute Gasteiger partial charge is 0.495 e. The zero-order chi connectivity index (χ0) is 19.1. The number of anilines is 1. The molecule has 1 fully saturated rings. The molecule has 1 amide bonds. The molecule has 0 bridgehead atoms. The molecule has 0 aliphatic carbocycles. The summed E-state index contributed by atoms with van der Waals surface area (Å²) in [6.45, 7) is 3.21. The highest BCUT2D eigenvalue weighted by Crippen LogP contribution is 2.26. The van der Waals surface area contributed by atoms with Gasteiger partial charge in [0.2, 0.25) is 0 Å². The van der Waals surface area contributed by atoms with Crippen LogP contribution in [0.1, 0.15) is 10.4 Å². The lowest BCUT2D eigenvalue weighted by Gasteiger charge is -2.27. The number of benzene rings is 2. The molecule has 0 atom stereocenters. The van der Waals surface area contributed by atoms with Crippen LogP contribution in [0.2, 0.25) is 0 Å². The molecular formula is C20H23FN2O4. The van der Waals surface area contributed by atoms with Crippen LogP contribution in [0.25, 0.3) is 0 Å². The van der Waals surface area contributed by atoms with Gasteiger partial charge in [0.05, 0.1) is 26.0 Å². The zero-order valence-electron chi connectivity index (χ0n) is 15.2. The fraction of sp³-hybridized carbons (Fsp3) is 0.350. The van der Waals surface area contributed by atoms with Gasteiger partial charge in [-0.2, -0.15) is 0 Å². The lowest BCUT2D eigenvalue weighted by molar-refractivity contribution is 0.0303. The molecule has 0 spiro atoms. The van der Waals surface area contributed by atoms with Crippen LogP contribution < -0.4 is 14.8 Å². The van der Waals surface area contributed by atoms with Gasteiger partial charge in [0.1, 0.15) is 23.9 Å². The van der Waals surface area contributed by atoms with Crippen molar-refractivity contribution in [1.29, 1.82) is 0 Å². The summed E-state index contributed by atoms with van der Waals surface area (Å²) < 4.78 is 29.1. The van der Waals surface area contributed by atoms with Crippen LogP contribution in [-0.2, 0) is 4.74 Å². The van der Waals surface area contributed by atoms with Gasteiger partial charge in [-0.05, 0) is 42.5 Å². The highest BCUT2D eigenvalue weighted by Gasteiger charge is 2.19. The molecule has 7 heteroatoms. The number of rotatable bonds is 7. The van der Waals surface area contributed by atoms with E-state index in [0.29, 0.717) is 56.5 Å². The number of nitrogens with zero attached hydrogens (tertiary/aromatic N) is 1. The van der Waals surface area contributed by atoms with Crippen molar-refractivity contribution in [1.82, 2.24) is 4.90 Å². The third kappa shape index (κ3) is 5.10. The van der Waals surface area contributed by atoms with Crippen molar-refractivity contribution in [3.8, 4) is 11.5 Å². The Kier molecular flexibility index (Phi) is 6.49. The van der Waals surface area contributed by atoms with Crippen LogP contribution in [0.4, 0.5) is 10.1 Å². The minimum atomic E-state index is -0.299. The summed E-state index contributed by atoms with van der Waals surface area (Å²) in [5.74, 6) is 0.926. The first-order valence-corrected chi connectivity index (χ1v) is 8.84. The van der Waals surface area contributed by atoms with Crippen LogP contribution in [-0.4, -0.2) is 57.4 Å². The van der Waals surface area contributed by atoms with E-state index in [9.17, 15) is 9.18 Å². The second-order valence-corrected chi connectivity index (χ2v) is 6.05. The summed E-state index contributed by atoms with van der Waals surface area (Å²) in [5, 5.41) is 3.22. The first-order chi connectivity index (χ1) is 13.2. The topological polar surface area (TPSA) is 60.0 Å². The van der Waals surface area contributed by atoms with Crippen LogP contribution in [0.5, 0.6) is 11.5 Å². The van der Waals surface area contributed by atoms with Crippen molar-refractivity contribution in [3.05, 3.63) is 53.8 Å². The van der Waals surface area contributed by atoms with Gasteiger partial charge in [0.15, 0.2) is 0 Å². The van der Waals surface area contributed by atoms with Crippen LogP contribution >= 0.6 is 0 Å². The Bertz CT molecular complexity index is 761. The van der Waals surface area contributed by atoms with E-state index in [2.05, 4.69) is 5.32 Å². The molecule has 1 heterocycles. The molecule has 3 rings (SSSR count). The van der Waals surface area contributed by atoms with Gasteiger partial charge in [0, 0.05) is 25.2 Å². The lowest BCUT2D eigenvalue weighted by Crippen LogP contribution is -2.40. The summed E-state index contributed by atoms with van der Waals surface area (Å²) in [6, 6.07) is 11.2. The fourth-order valence-corrected chi connectivity index (χ4v) is 2.81. The Balaban J connectivity index is 1.59. The number of nitrogens with one attached hydrogen (secondary N) is 1. The predicted octanol–water partition coefficient (Wildman–Crippen LogP) is 2.80. The summed E-state index contributed by atoms with van der Waals surface area (Å²) in [6.07, 6.45) is 0. The average molecular weight is 374 g/mol. The molecule has 0 saturated carbocycles. The van der Waals surface area contributed by atoms with Gasteiger partial charge in [0.25, 0.3) is 5.91 Å². The van der Waals surface area contributed by atoms with E-state index < -0.39 is 0 Å². The Morgan fingerprint density at radius 2 is 1.93 bits per heavy atom. The molecular weight excluding hydrogens is 351 g/mol. The van der Waals surface area contributed by atoms with E-state index in [1.165, 1.54) is 12.1 Å². The molecule has 2 aromatic carbocycles. The summed E-state index contributed by atoms with van der Waals surface area (Å²) in [7, 11) is 1.58. The second kappa shape index (κ2) is 9.23. The molecule has 0 unspecified atom stereocenters. The molecule has 1 N–H and O–H groups in total. The maximum atomic E-state index is 12.9. The van der Waals surface area contributed by atoms with Crippen LogP contribution in [0.3, 0.4) is 0 Å². The first kappa shape index (κ1) is 19.0. The number of carbonyl (C=O) groups is 1. The number of hydrogen-bond donors (Lipinski definition) is 1. The molecule has 0 aromatic heterocycles. The maximum Gasteiger partial charge on any atom is 0.254 e. The Hall–Kier alpha value is -2.80. The van der Waals surface area contributed by atoms with E-state index in [-0.39, 0.29) is 11.7 Å². The molecule has 144 valence electrons. The maximum absolute atomic E-state index is 12.9. The quantitative estimate of drug-likeness (QED) is 0.756. The third-order valence-corrected chi connectivity index (χ3v) is 4.24. The van der Waals surface area contributed by atoms with Gasteiger partial charge < -0.3 is 24.4 Å². The zero-order valence-corrected chi connectivity index (χ0v) is 15.2. The normalized spacial score (nSPS) is 13.9. The molecule has 6 nitrogen and oxygen atoms in total. The molecule has 0 radical (unpaired) electrons. The molecule has 1 aliphatic heterocycles. The van der Waals surface area contributed by atoms with E-state index in [4.69, 9.17) is 14.2 Å². The van der Waals surface area contributed by atoms with Crippen LogP contribution in [0, 0.1) is 5.82 Å². The Morgan fingerprint density at radius 3 is 2.63 bits per heavy atom. The number of halogens is 1. The van der Waals surface area contributed by atoms with Gasteiger partial charge in [-0.3, -0.25) is 4.79 Å². The van der Waals surface area contributed by atoms with E-state index in [1.807, 2.05) is 0 Å². The van der Waals surface area contributed by atoms with Crippen molar-refractivity contribution in [3.63, 3.8) is 0 Å². The Labute approximate surface area is 157 Å². The number of ether oxygens (including phenoxy) is 3. The second-order valence-electron chi connectivity index (χ2n) is 6.05. The summed E-state index contributed by atoms with van der Waals surface area (Å²) >= 11 is 0. The number of carbonyl (C=O) groups excluding carboxylic acids is 1. The first-order valence-electron chi connectivity index (χ1n) is 8.84. The van der Waals surface area contributed by atoms with Gasteiger partial charge in [-0.25, -0.2) is 4.39 Å². The van der Waals surface area contributed by atoms with Gasteiger partial charge in [-0.1, -0.05) is 0 Å². The monoisotopic (exact) mass is 374 g/mol. The average Bonchev–Trinajstić information content (AvgIpc) is 2.72. The van der Waals surface area contributed by atoms with E-state index in [1.54, 1.807) is 42.3 Å². The van der Waals surface area contributed by atoms with Crippen molar-refractivity contribution in [2.75, 3.05) is 51.9 Å². The Morgan fingerprint density at radius 1 is 1.19 bits per heavy atom. The predicted molar refractivity (Wildman–Crippen MR) is 100 cm³/mol. The minimum absolute atomic E-state index is 0.0217. The number of methoxy groups -OCH3 is 1. The number of amides is 1. The number of morpholine rings is 1. The highest BCUT2D eigenvalue weighted by molar-refractivity contribution is 5.95. The smallest absolute Gasteiger partial charge is 0.254 e. The molecule has 27 heavy (non-hydrogen) atoms. The van der Waals surface area contributed by atoms with Crippen molar-refractivity contribution in [2.45, 2.75) is 0 Å². The summed E-state index contributed by atoms with van der Waals surface area (Å²) in [5.41, 5.74) is 1.32. The SMILES string of the molecule is COc1ccc(C(=O)N2CCOCC2)cc1NCCOc1ccc(F)cc1. The number of hydrogen-bond acceptors (Lipinski definition) is 5. The van der Waals surface area contributed by atoms with Crippen molar-refractivity contribution < 1.29 is 23.4 Å². The highest BCUT2D eigenvalue weighted by atomic mass is 19.1. The standard InChI is InChI=1S/C20H23FN2O4/c1-25-19-7-2-15(20(24)23-9-12-26-13-10-23)14-18(19)22-8-11-27-17-5-3-16(21)4-6-17/h2-7,14,22H,8-13H2,1H3. The van der Waals surface area contributed by atoms with Gasteiger partial charge in [-0.15, -0.1) is 0 Å². The minimum Gasteiger partial charge on any atom is -0.495 e. The lowest BCUT2D eigenvalue weighted by atomic mass is 10.1. The van der Waals surface area contributed by atoms with E-state index in [0.717, 1.165) is 5.69 Å². The molecule has 1 aliphatic rings. The molecule has 1 saturated heterocycles.